The summed E-state index contributed by atoms with van der Waals surface area (Å²) in [5.41, 5.74) is 2.08. The highest BCUT2D eigenvalue weighted by Crippen LogP contribution is 2.50. The second kappa shape index (κ2) is 3.10. The van der Waals surface area contributed by atoms with Crippen LogP contribution in [0.25, 0.3) is 0 Å². The zero-order valence-corrected chi connectivity index (χ0v) is 12.5. The van der Waals surface area contributed by atoms with E-state index in [1.807, 2.05) is 0 Å². The Morgan fingerprint density at radius 3 is 1.86 bits per heavy atom. The fraction of sp³-hybridized carbons (Fsp3) is 1.00. The van der Waals surface area contributed by atoms with Crippen molar-refractivity contribution >= 4 is 43.3 Å². The highest BCUT2D eigenvalue weighted by molar-refractivity contribution is 8.02. The van der Waals surface area contributed by atoms with Crippen molar-refractivity contribution < 1.29 is 0 Å². The van der Waals surface area contributed by atoms with E-state index in [9.17, 15) is 0 Å². The number of hydrogen-bond donors (Lipinski definition) is 0. The summed E-state index contributed by atoms with van der Waals surface area (Å²) < 4.78 is 0. The Bertz CT molecular complexity index is 245. The molecule has 2 unspecified atom stereocenters. The van der Waals surface area contributed by atoms with Crippen molar-refractivity contribution in [2.45, 2.75) is 50.2 Å². The first kappa shape index (κ1) is 11.2. The predicted octanol–water partition coefficient (Wildman–Crippen LogP) is 1.89. The van der Waals surface area contributed by atoms with Gasteiger partial charge in [0.1, 0.15) is 0 Å². The monoisotopic (exact) mass is 216 g/mol. The normalized spacial score (nSPS) is 31.0. The molecule has 0 aromatic carbocycles. The number of hydrogen-bond acceptors (Lipinski definition) is 0. The Kier molecular flexibility index (Phi) is 2.47. The van der Waals surface area contributed by atoms with Gasteiger partial charge in [-0.1, -0.05) is 50.2 Å². The molecule has 0 amide bonds. The molecule has 72 valence electrons. The van der Waals surface area contributed by atoms with E-state index in [-0.39, 0.29) is 0 Å². The van der Waals surface area contributed by atoms with Crippen LogP contribution in [-0.4, -0.2) is 43.3 Å². The average molecular weight is 216 g/mol. The minimum absolute atomic E-state index is 0.920. The molecular formula is C8H20B4Si2. The summed E-state index contributed by atoms with van der Waals surface area (Å²) in [5, 5.41) is 0. The molecule has 0 aliphatic carbocycles. The van der Waals surface area contributed by atoms with Crippen molar-refractivity contribution in [3.63, 3.8) is 0 Å². The fourth-order valence-electron chi connectivity index (χ4n) is 3.29. The number of fused-ring (bicyclic) bond motifs is 1. The minimum atomic E-state index is -0.949. The third kappa shape index (κ3) is 1.84. The van der Waals surface area contributed by atoms with Crippen LogP contribution in [0, 0.1) is 0 Å². The van der Waals surface area contributed by atoms with Gasteiger partial charge in [-0.25, -0.2) is 0 Å². The maximum Gasteiger partial charge on any atom is 0.0549 e. The van der Waals surface area contributed by atoms with Crippen molar-refractivity contribution in [3.8, 4) is 0 Å². The zero-order valence-electron chi connectivity index (χ0n) is 10.5. The molecule has 2 aliphatic rings. The first-order valence-corrected chi connectivity index (χ1v) is 13.1. The Hall–Kier alpha value is 0.694. The topological polar surface area (TPSA) is 0 Å². The summed E-state index contributed by atoms with van der Waals surface area (Å²) in [4.78, 5) is 0. The molecule has 2 radical (unpaired) electrons. The molecule has 0 aromatic rings. The average Bonchev–Trinajstić information content (AvgIpc) is 2.56. The maximum absolute atomic E-state index is 2.71. The van der Waals surface area contributed by atoms with Gasteiger partial charge in [0.2, 0.25) is 0 Å². The van der Waals surface area contributed by atoms with Gasteiger partial charge >= 0.3 is 0 Å². The van der Waals surface area contributed by atoms with Crippen molar-refractivity contribution in [1.82, 2.24) is 0 Å². The van der Waals surface area contributed by atoms with E-state index in [1.54, 1.807) is 0 Å². The first-order chi connectivity index (χ1) is 6.21. The molecule has 2 atom stereocenters. The molecule has 0 aromatic heterocycles. The summed E-state index contributed by atoms with van der Waals surface area (Å²) in [5.74, 6) is 0. The van der Waals surface area contributed by atoms with E-state index in [4.69, 9.17) is 0 Å². The summed E-state index contributed by atoms with van der Waals surface area (Å²) in [7, 11) is 3.40. The molecule has 0 spiro atoms. The van der Waals surface area contributed by atoms with Crippen molar-refractivity contribution in [2.75, 3.05) is 0 Å². The summed E-state index contributed by atoms with van der Waals surface area (Å²) in [6.07, 6.45) is 0.920. The van der Waals surface area contributed by atoms with Crippen molar-refractivity contribution in [1.29, 1.82) is 0 Å². The molecule has 0 N–H and O–H groups in total. The van der Waals surface area contributed by atoms with Crippen LogP contribution in [0.2, 0.25) is 50.2 Å². The van der Waals surface area contributed by atoms with E-state index >= 15 is 0 Å². The standard InChI is InChI=1S/C8H20B4Si2/c1-13(2,3)7-8(14(4,5)6)11-10-12(11)9-7/h7-8H,1-6H3. The van der Waals surface area contributed by atoms with Gasteiger partial charge in [0.15, 0.2) is 0 Å². The zero-order chi connectivity index (χ0) is 10.7. The van der Waals surface area contributed by atoms with Crippen molar-refractivity contribution in [3.05, 3.63) is 0 Å². The van der Waals surface area contributed by atoms with Crippen LogP contribution < -0.4 is 0 Å². The lowest BCUT2D eigenvalue weighted by Gasteiger charge is -2.40. The van der Waals surface area contributed by atoms with Gasteiger partial charge in [0, 0.05) is 36.1 Å². The Morgan fingerprint density at radius 2 is 1.50 bits per heavy atom. The summed E-state index contributed by atoms with van der Waals surface area (Å²) >= 11 is 0. The van der Waals surface area contributed by atoms with Crippen LogP contribution in [0.5, 0.6) is 0 Å². The molecule has 0 nitrogen and oxygen atoms in total. The van der Waals surface area contributed by atoms with Crippen LogP contribution in [0.3, 0.4) is 0 Å². The van der Waals surface area contributed by atoms with Crippen LogP contribution in [-0.2, 0) is 0 Å². The Labute approximate surface area is 93.6 Å². The van der Waals surface area contributed by atoms with Gasteiger partial charge in [-0.15, -0.1) is 0 Å². The first-order valence-electron chi connectivity index (χ1n) is 5.91. The van der Waals surface area contributed by atoms with Gasteiger partial charge < -0.3 is 0 Å². The Morgan fingerprint density at radius 1 is 0.929 bits per heavy atom. The second-order valence-corrected chi connectivity index (χ2v) is 18.1. The molecule has 6 heteroatoms. The summed E-state index contributed by atoms with van der Waals surface area (Å²) in [6, 6.07) is 0. The van der Waals surface area contributed by atoms with Gasteiger partial charge in [-0.2, -0.15) is 0 Å². The molecule has 0 saturated carbocycles. The Balaban J connectivity index is 2.20. The SMILES string of the molecule is C[Si](C)(C)C1[B]B2[B]B2C1[Si](C)(C)C. The van der Waals surface area contributed by atoms with E-state index < -0.39 is 16.1 Å². The van der Waals surface area contributed by atoms with E-state index in [0.717, 1.165) is 23.8 Å². The highest BCUT2D eigenvalue weighted by Gasteiger charge is 2.61. The van der Waals surface area contributed by atoms with E-state index in [0.29, 0.717) is 0 Å². The van der Waals surface area contributed by atoms with Crippen LogP contribution in [0.15, 0.2) is 0 Å². The maximum atomic E-state index is 2.71. The molecular weight excluding hydrogens is 196 g/mol. The molecule has 2 rings (SSSR count). The molecule has 2 saturated heterocycles. The lowest BCUT2D eigenvalue weighted by Crippen LogP contribution is -2.44. The highest BCUT2D eigenvalue weighted by atomic mass is 28.3. The van der Waals surface area contributed by atoms with Crippen LogP contribution in [0.1, 0.15) is 0 Å². The third-order valence-electron chi connectivity index (χ3n) is 3.98. The van der Waals surface area contributed by atoms with Gasteiger partial charge in [-0.05, 0) is 0 Å². The lowest BCUT2D eigenvalue weighted by atomic mass is 9.22. The molecule has 2 aliphatic heterocycles. The predicted molar refractivity (Wildman–Crippen MR) is 77.2 cm³/mol. The quantitative estimate of drug-likeness (QED) is 0.618. The van der Waals surface area contributed by atoms with Crippen LogP contribution >= 0.6 is 0 Å². The lowest BCUT2D eigenvalue weighted by molar-refractivity contribution is 1.11. The van der Waals surface area contributed by atoms with Gasteiger partial charge in [0.25, 0.3) is 0 Å². The largest absolute Gasteiger partial charge is 0.0897 e. The molecule has 0 bridgehead atoms. The smallest absolute Gasteiger partial charge is 0.0549 e. The third-order valence-corrected chi connectivity index (χ3v) is 9.61. The minimum Gasteiger partial charge on any atom is -0.0897 e. The number of rotatable bonds is 2. The molecule has 2 heterocycles. The summed E-state index contributed by atoms with van der Waals surface area (Å²) in [6.45, 7) is 16.3. The van der Waals surface area contributed by atoms with E-state index in [2.05, 4.69) is 53.5 Å². The molecule has 14 heavy (non-hydrogen) atoms. The van der Waals surface area contributed by atoms with Crippen molar-refractivity contribution in [2.24, 2.45) is 0 Å². The van der Waals surface area contributed by atoms with E-state index in [1.165, 1.54) is 0 Å². The fourth-order valence-corrected chi connectivity index (χ4v) is 11.1. The second-order valence-electron chi connectivity index (χ2n) is 7.32. The van der Waals surface area contributed by atoms with Gasteiger partial charge in [-0.3, -0.25) is 0 Å². The van der Waals surface area contributed by atoms with Gasteiger partial charge in [0.05, 0.1) is 7.17 Å². The van der Waals surface area contributed by atoms with Crippen LogP contribution in [0.4, 0.5) is 0 Å². The molecule has 2 fully saturated rings.